The molecule has 2 aromatic rings. The molecule has 0 amide bonds. The number of benzene rings is 1. The maximum atomic E-state index is 9.16. The number of aromatic hydroxyl groups is 1. The third kappa shape index (κ3) is 2.32. The maximum Gasteiger partial charge on any atom is 0.208 e. The van der Waals surface area contributed by atoms with Crippen LogP contribution < -0.4 is 10.5 Å². The van der Waals surface area contributed by atoms with Crippen molar-refractivity contribution in [2.75, 3.05) is 13.2 Å². The highest BCUT2D eigenvalue weighted by molar-refractivity contribution is 5.58. The second kappa shape index (κ2) is 4.67. The van der Waals surface area contributed by atoms with Gasteiger partial charge in [-0.1, -0.05) is 12.1 Å². The summed E-state index contributed by atoms with van der Waals surface area (Å²) < 4.78 is 5.39. The highest BCUT2D eigenvalue weighted by Gasteiger charge is 2.03. The number of H-pyrrole nitrogens is 1. The summed E-state index contributed by atoms with van der Waals surface area (Å²) >= 11 is 0. The minimum atomic E-state index is 0.0447. The first-order valence-electron chi connectivity index (χ1n) is 4.97. The lowest BCUT2D eigenvalue weighted by atomic mass is 10.2. The van der Waals surface area contributed by atoms with Crippen LogP contribution in [0.4, 0.5) is 0 Å². The van der Waals surface area contributed by atoms with Gasteiger partial charge in [-0.15, -0.1) is 0 Å². The molecule has 0 spiro atoms. The fraction of sp³-hybridized carbons (Fsp3) is 0.182. The van der Waals surface area contributed by atoms with Crippen molar-refractivity contribution >= 4 is 0 Å². The zero-order valence-electron chi connectivity index (χ0n) is 8.68. The molecule has 84 valence electrons. The Morgan fingerprint density at radius 1 is 1.44 bits per heavy atom. The normalized spacial score (nSPS) is 10.3. The molecule has 0 aliphatic rings. The van der Waals surface area contributed by atoms with E-state index in [2.05, 4.69) is 9.97 Å². The molecule has 1 heterocycles. The van der Waals surface area contributed by atoms with Crippen LogP contribution in [0.5, 0.6) is 11.6 Å². The van der Waals surface area contributed by atoms with Crippen molar-refractivity contribution in [3.63, 3.8) is 0 Å². The van der Waals surface area contributed by atoms with Crippen molar-refractivity contribution in [3.8, 4) is 23.0 Å². The Balaban J connectivity index is 2.22. The van der Waals surface area contributed by atoms with E-state index in [1.165, 1.54) is 6.20 Å². The molecule has 0 aliphatic carbocycles. The lowest BCUT2D eigenvalue weighted by molar-refractivity contribution is 0.328. The van der Waals surface area contributed by atoms with Crippen LogP contribution in [0.2, 0.25) is 0 Å². The summed E-state index contributed by atoms with van der Waals surface area (Å²) in [4.78, 5) is 6.76. The third-order valence-corrected chi connectivity index (χ3v) is 2.06. The Labute approximate surface area is 92.9 Å². The van der Waals surface area contributed by atoms with Gasteiger partial charge in [-0.05, 0) is 12.1 Å². The van der Waals surface area contributed by atoms with Gasteiger partial charge in [-0.25, -0.2) is 4.98 Å². The van der Waals surface area contributed by atoms with Gasteiger partial charge in [-0.2, -0.15) is 0 Å². The molecule has 0 fully saturated rings. The van der Waals surface area contributed by atoms with Crippen LogP contribution in [0.25, 0.3) is 11.4 Å². The Morgan fingerprint density at radius 2 is 2.31 bits per heavy atom. The number of nitrogens with two attached hydrogens (primary N) is 1. The highest BCUT2D eigenvalue weighted by atomic mass is 16.5. The van der Waals surface area contributed by atoms with Crippen molar-refractivity contribution in [1.82, 2.24) is 9.97 Å². The van der Waals surface area contributed by atoms with Gasteiger partial charge in [-0.3, -0.25) is 0 Å². The minimum Gasteiger partial charge on any atom is -0.493 e. The predicted octanol–water partition coefficient (Wildman–Crippen LogP) is 1.12. The van der Waals surface area contributed by atoms with E-state index in [1.54, 1.807) is 0 Å². The smallest absolute Gasteiger partial charge is 0.208 e. The first-order chi connectivity index (χ1) is 7.79. The molecule has 0 unspecified atom stereocenters. The number of hydrogen-bond acceptors (Lipinski definition) is 4. The van der Waals surface area contributed by atoms with Gasteiger partial charge in [0.15, 0.2) is 0 Å². The summed E-state index contributed by atoms with van der Waals surface area (Å²) in [6.07, 6.45) is 1.36. The molecule has 5 heteroatoms. The van der Waals surface area contributed by atoms with Crippen LogP contribution in [0.1, 0.15) is 0 Å². The molecule has 16 heavy (non-hydrogen) atoms. The lowest BCUT2D eigenvalue weighted by Gasteiger charge is -2.05. The molecule has 0 saturated carbocycles. The molecular formula is C11H13N3O2. The van der Waals surface area contributed by atoms with E-state index in [0.717, 1.165) is 11.3 Å². The minimum absolute atomic E-state index is 0.0447. The van der Waals surface area contributed by atoms with Gasteiger partial charge in [0, 0.05) is 12.1 Å². The number of aromatic amines is 1. The third-order valence-electron chi connectivity index (χ3n) is 2.06. The Kier molecular flexibility index (Phi) is 3.07. The van der Waals surface area contributed by atoms with E-state index in [-0.39, 0.29) is 5.88 Å². The molecule has 1 aromatic heterocycles. The van der Waals surface area contributed by atoms with Gasteiger partial charge in [0.2, 0.25) is 5.88 Å². The van der Waals surface area contributed by atoms with Crippen LogP contribution in [0.3, 0.4) is 0 Å². The Morgan fingerprint density at radius 3 is 3.00 bits per heavy atom. The zero-order valence-corrected chi connectivity index (χ0v) is 8.68. The van der Waals surface area contributed by atoms with Gasteiger partial charge in [0.25, 0.3) is 0 Å². The van der Waals surface area contributed by atoms with Gasteiger partial charge >= 0.3 is 0 Å². The van der Waals surface area contributed by atoms with Crippen molar-refractivity contribution < 1.29 is 9.84 Å². The second-order valence-corrected chi connectivity index (χ2v) is 3.28. The van der Waals surface area contributed by atoms with Crippen LogP contribution in [0.15, 0.2) is 30.5 Å². The van der Waals surface area contributed by atoms with E-state index in [9.17, 15) is 0 Å². The number of imidazole rings is 1. The molecular weight excluding hydrogens is 206 g/mol. The van der Waals surface area contributed by atoms with Crippen molar-refractivity contribution in [2.45, 2.75) is 0 Å². The topological polar surface area (TPSA) is 84.2 Å². The van der Waals surface area contributed by atoms with Crippen molar-refractivity contribution in [1.29, 1.82) is 0 Å². The molecule has 5 nitrogen and oxygen atoms in total. The van der Waals surface area contributed by atoms with Gasteiger partial charge in [0.1, 0.15) is 18.2 Å². The molecule has 0 saturated heterocycles. The highest BCUT2D eigenvalue weighted by Crippen LogP contribution is 2.22. The van der Waals surface area contributed by atoms with Gasteiger partial charge < -0.3 is 20.6 Å². The largest absolute Gasteiger partial charge is 0.493 e. The molecule has 2 rings (SSSR count). The molecule has 0 radical (unpaired) electrons. The van der Waals surface area contributed by atoms with Crippen molar-refractivity contribution in [2.24, 2.45) is 5.73 Å². The van der Waals surface area contributed by atoms with Crippen LogP contribution in [0, 0.1) is 0 Å². The average molecular weight is 219 g/mol. The first kappa shape index (κ1) is 10.5. The summed E-state index contributed by atoms with van der Waals surface area (Å²) in [7, 11) is 0. The standard InChI is InChI=1S/C11H13N3O2/c12-4-5-16-9-3-1-2-8(6-9)11-13-7-10(15)14-11/h1-3,6-7,15H,4-5,12H2,(H,13,14). The van der Waals surface area contributed by atoms with E-state index in [0.29, 0.717) is 19.0 Å². The molecule has 1 aromatic carbocycles. The summed E-state index contributed by atoms with van der Waals surface area (Å²) in [5.74, 6) is 1.39. The summed E-state index contributed by atoms with van der Waals surface area (Å²) in [5, 5.41) is 9.16. The number of aromatic nitrogens is 2. The van der Waals surface area contributed by atoms with Gasteiger partial charge in [0.05, 0.1) is 6.20 Å². The van der Waals surface area contributed by atoms with Crippen molar-refractivity contribution in [3.05, 3.63) is 30.5 Å². The van der Waals surface area contributed by atoms with E-state index in [1.807, 2.05) is 24.3 Å². The number of hydrogen-bond donors (Lipinski definition) is 3. The molecule has 0 atom stereocenters. The van der Waals surface area contributed by atoms with E-state index >= 15 is 0 Å². The second-order valence-electron chi connectivity index (χ2n) is 3.28. The average Bonchev–Trinajstić information content (AvgIpc) is 2.74. The monoisotopic (exact) mass is 219 g/mol. The number of ether oxygens (including phenoxy) is 1. The molecule has 0 bridgehead atoms. The number of rotatable bonds is 4. The summed E-state index contributed by atoms with van der Waals surface area (Å²) in [6.45, 7) is 0.957. The number of nitrogens with zero attached hydrogens (tertiary/aromatic N) is 1. The predicted molar refractivity (Wildman–Crippen MR) is 60.2 cm³/mol. The van der Waals surface area contributed by atoms with Crippen LogP contribution in [-0.2, 0) is 0 Å². The fourth-order valence-electron chi connectivity index (χ4n) is 1.37. The van der Waals surface area contributed by atoms with Crippen LogP contribution in [-0.4, -0.2) is 28.2 Å². The van der Waals surface area contributed by atoms with E-state index in [4.69, 9.17) is 15.6 Å². The van der Waals surface area contributed by atoms with E-state index < -0.39 is 0 Å². The fourth-order valence-corrected chi connectivity index (χ4v) is 1.37. The molecule has 0 aliphatic heterocycles. The Bertz CT molecular complexity index is 468. The van der Waals surface area contributed by atoms with Crippen LogP contribution >= 0.6 is 0 Å². The lowest BCUT2D eigenvalue weighted by Crippen LogP contribution is -2.10. The first-order valence-corrected chi connectivity index (χ1v) is 4.97. The summed E-state index contributed by atoms with van der Waals surface area (Å²) in [6, 6.07) is 7.43. The summed E-state index contributed by atoms with van der Waals surface area (Å²) in [5.41, 5.74) is 6.21. The molecule has 4 N–H and O–H groups in total. The quantitative estimate of drug-likeness (QED) is 0.719. The number of nitrogens with one attached hydrogen (secondary N) is 1. The SMILES string of the molecule is NCCOc1cccc(-c2ncc(O)[nH]2)c1. The Hall–Kier alpha value is -2.01. The zero-order chi connectivity index (χ0) is 11.4. The maximum absolute atomic E-state index is 9.16.